The van der Waals surface area contributed by atoms with E-state index in [1.54, 1.807) is 6.07 Å². The molecule has 2 aromatic rings. The monoisotopic (exact) mass is 370 g/mol. The largest absolute Gasteiger partial charge is 0.379 e. The van der Waals surface area contributed by atoms with E-state index in [1.165, 1.54) is 18.2 Å². The Hall–Kier alpha value is -2.97. The number of carbonyl (C=O) groups excluding carboxylic acids is 1. The number of benzene rings is 2. The van der Waals surface area contributed by atoms with Gasteiger partial charge in [0.05, 0.1) is 18.1 Å². The maximum atomic E-state index is 12.1. The highest BCUT2D eigenvalue weighted by atomic mass is 16.6. The molecule has 142 valence electrons. The lowest BCUT2D eigenvalue weighted by Gasteiger charge is -2.27. The van der Waals surface area contributed by atoms with Crippen LogP contribution >= 0.6 is 0 Å². The van der Waals surface area contributed by atoms with Gasteiger partial charge in [-0.1, -0.05) is 30.3 Å². The fourth-order valence-corrected chi connectivity index (χ4v) is 2.93. The predicted octanol–water partition coefficient (Wildman–Crippen LogP) is 2.75. The Morgan fingerprint density at radius 3 is 2.59 bits per heavy atom. The number of nitro groups is 1. The molecule has 1 aliphatic rings. The van der Waals surface area contributed by atoms with Gasteiger partial charge in [0.15, 0.2) is 0 Å². The Kier molecular flexibility index (Phi) is 6.35. The third-order valence-corrected chi connectivity index (χ3v) is 4.37. The normalized spacial score (nSPS) is 14.5. The highest BCUT2D eigenvalue weighted by molar-refractivity contribution is 5.89. The number of nitrogens with one attached hydrogen (secondary N) is 2. The third-order valence-electron chi connectivity index (χ3n) is 4.37. The topological polar surface area (TPSA) is 96.7 Å². The van der Waals surface area contributed by atoms with E-state index in [2.05, 4.69) is 21.6 Å². The number of nitro benzene ring substituents is 1. The van der Waals surface area contributed by atoms with Gasteiger partial charge in [0, 0.05) is 44.0 Å². The van der Waals surface area contributed by atoms with Gasteiger partial charge in [0.1, 0.15) is 0 Å². The van der Waals surface area contributed by atoms with Gasteiger partial charge in [-0.3, -0.25) is 15.0 Å². The average molecular weight is 370 g/mol. The van der Waals surface area contributed by atoms with Crippen LogP contribution in [-0.2, 0) is 17.8 Å². The highest BCUT2D eigenvalue weighted by Gasteiger charge is 2.13. The summed E-state index contributed by atoms with van der Waals surface area (Å²) in [6.07, 6.45) is 0. The molecule has 1 fully saturated rings. The highest BCUT2D eigenvalue weighted by Crippen LogP contribution is 2.17. The van der Waals surface area contributed by atoms with E-state index < -0.39 is 11.0 Å². The van der Waals surface area contributed by atoms with Crippen molar-refractivity contribution in [2.24, 2.45) is 0 Å². The van der Waals surface area contributed by atoms with Crippen LogP contribution in [0.25, 0.3) is 0 Å². The van der Waals surface area contributed by atoms with Crippen molar-refractivity contribution in [3.05, 3.63) is 69.8 Å². The van der Waals surface area contributed by atoms with E-state index in [-0.39, 0.29) is 5.69 Å². The Balaban J connectivity index is 1.57. The molecule has 0 bridgehead atoms. The zero-order chi connectivity index (χ0) is 19.1. The lowest BCUT2D eigenvalue weighted by molar-refractivity contribution is -0.384. The van der Waals surface area contributed by atoms with Gasteiger partial charge in [-0.2, -0.15) is 0 Å². The maximum absolute atomic E-state index is 12.1. The van der Waals surface area contributed by atoms with E-state index in [0.29, 0.717) is 12.2 Å². The van der Waals surface area contributed by atoms with Crippen LogP contribution in [0.5, 0.6) is 0 Å². The standard InChI is InChI=1S/C19H22N4O4/c24-19(21-17-6-3-7-18(12-17)23(25)26)20-13-15-4-1-2-5-16(15)14-22-8-10-27-11-9-22/h1-7,12H,8-11,13-14H2,(H2,20,21,24). The summed E-state index contributed by atoms with van der Waals surface area (Å²) in [7, 11) is 0. The van der Waals surface area contributed by atoms with Crippen molar-refractivity contribution in [3.63, 3.8) is 0 Å². The van der Waals surface area contributed by atoms with Crippen molar-refractivity contribution in [2.45, 2.75) is 13.1 Å². The van der Waals surface area contributed by atoms with Gasteiger partial charge in [0.25, 0.3) is 5.69 Å². The lowest BCUT2D eigenvalue weighted by atomic mass is 10.1. The molecule has 1 aliphatic heterocycles. The van der Waals surface area contributed by atoms with Gasteiger partial charge in [-0.15, -0.1) is 0 Å². The van der Waals surface area contributed by atoms with Crippen LogP contribution in [0.2, 0.25) is 0 Å². The van der Waals surface area contributed by atoms with E-state index in [1.807, 2.05) is 18.2 Å². The second kappa shape index (κ2) is 9.11. The summed E-state index contributed by atoms with van der Waals surface area (Å²) < 4.78 is 5.38. The summed E-state index contributed by atoms with van der Waals surface area (Å²) >= 11 is 0. The molecule has 0 radical (unpaired) electrons. The van der Waals surface area contributed by atoms with E-state index in [4.69, 9.17) is 4.74 Å². The quantitative estimate of drug-likeness (QED) is 0.602. The zero-order valence-corrected chi connectivity index (χ0v) is 14.9. The molecule has 3 rings (SSSR count). The van der Waals surface area contributed by atoms with E-state index >= 15 is 0 Å². The number of hydrogen-bond donors (Lipinski definition) is 2. The number of rotatable bonds is 6. The first-order valence-electron chi connectivity index (χ1n) is 8.78. The third kappa shape index (κ3) is 5.50. The van der Waals surface area contributed by atoms with Gasteiger partial charge in [-0.05, 0) is 17.2 Å². The molecule has 8 nitrogen and oxygen atoms in total. The van der Waals surface area contributed by atoms with Gasteiger partial charge >= 0.3 is 6.03 Å². The average Bonchev–Trinajstić information content (AvgIpc) is 2.68. The smallest absolute Gasteiger partial charge is 0.319 e. The minimum Gasteiger partial charge on any atom is -0.379 e. The van der Waals surface area contributed by atoms with Crippen LogP contribution < -0.4 is 10.6 Å². The minimum atomic E-state index is -0.495. The second-order valence-electron chi connectivity index (χ2n) is 6.27. The van der Waals surface area contributed by atoms with Gasteiger partial charge in [-0.25, -0.2) is 4.79 Å². The number of non-ortho nitro benzene ring substituents is 1. The van der Waals surface area contributed by atoms with Crippen molar-refractivity contribution >= 4 is 17.4 Å². The molecule has 0 spiro atoms. The molecule has 2 aromatic carbocycles. The molecule has 2 N–H and O–H groups in total. The van der Waals surface area contributed by atoms with E-state index in [0.717, 1.165) is 44.0 Å². The number of carbonyl (C=O) groups is 1. The van der Waals surface area contributed by atoms with Crippen LogP contribution in [0.3, 0.4) is 0 Å². The molecule has 27 heavy (non-hydrogen) atoms. The first kappa shape index (κ1) is 18.8. The molecule has 2 amide bonds. The van der Waals surface area contributed by atoms with Crippen LogP contribution in [0.15, 0.2) is 48.5 Å². The number of anilines is 1. The molecule has 0 aromatic heterocycles. The summed E-state index contributed by atoms with van der Waals surface area (Å²) in [5, 5.41) is 16.3. The summed E-state index contributed by atoms with van der Waals surface area (Å²) in [6.45, 7) is 4.47. The molecule has 1 heterocycles. The fraction of sp³-hybridized carbons (Fsp3) is 0.316. The molecule has 0 unspecified atom stereocenters. The number of ether oxygens (including phenoxy) is 1. The molecule has 0 atom stereocenters. The number of nitrogens with zero attached hydrogens (tertiary/aromatic N) is 2. The summed E-state index contributed by atoms with van der Waals surface area (Å²) in [4.78, 5) is 24.8. The van der Waals surface area contributed by atoms with Crippen LogP contribution in [0.1, 0.15) is 11.1 Å². The van der Waals surface area contributed by atoms with Crippen LogP contribution in [-0.4, -0.2) is 42.2 Å². The summed E-state index contributed by atoms with van der Waals surface area (Å²) in [5.41, 5.74) is 2.51. The van der Waals surface area contributed by atoms with Crippen LogP contribution in [0.4, 0.5) is 16.2 Å². The Morgan fingerprint density at radius 2 is 1.85 bits per heavy atom. The molecule has 1 saturated heterocycles. The Bertz CT molecular complexity index is 806. The first-order valence-corrected chi connectivity index (χ1v) is 8.78. The molecular weight excluding hydrogens is 348 g/mol. The first-order chi connectivity index (χ1) is 13.1. The van der Waals surface area contributed by atoms with Crippen molar-refractivity contribution in [1.29, 1.82) is 0 Å². The van der Waals surface area contributed by atoms with E-state index in [9.17, 15) is 14.9 Å². The van der Waals surface area contributed by atoms with Crippen molar-refractivity contribution in [1.82, 2.24) is 10.2 Å². The fourth-order valence-electron chi connectivity index (χ4n) is 2.93. The Morgan fingerprint density at radius 1 is 1.11 bits per heavy atom. The van der Waals surface area contributed by atoms with Gasteiger partial charge < -0.3 is 15.4 Å². The Labute approximate surface area is 157 Å². The van der Waals surface area contributed by atoms with Crippen LogP contribution in [0, 0.1) is 10.1 Å². The second-order valence-corrected chi connectivity index (χ2v) is 6.27. The summed E-state index contributed by atoms with van der Waals surface area (Å²) in [6, 6.07) is 13.4. The van der Waals surface area contributed by atoms with Crippen molar-refractivity contribution in [2.75, 3.05) is 31.6 Å². The number of urea groups is 1. The lowest BCUT2D eigenvalue weighted by Crippen LogP contribution is -2.36. The molecule has 8 heteroatoms. The van der Waals surface area contributed by atoms with Crippen molar-refractivity contribution < 1.29 is 14.5 Å². The number of morpholine rings is 1. The maximum Gasteiger partial charge on any atom is 0.319 e. The molecule has 0 saturated carbocycles. The minimum absolute atomic E-state index is 0.0661. The SMILES string of the molecule is O=C(NCc1ccccc1CN1CCOCC1)Nc1cccc([N+](=O)[O-])c1. The predicted molar refractivity (Wildman–Crippen MR) is 101 cm³/mol. The summed E-state index contributed by atoms with van der Waals surface area (Å²) in [5.74, 6) is 0. The molecular formula is C19H22N4O4. The number of hydrogen-bond acceptors (Lipinski definition) is 5. The van der Waals surface area contributed by atoms with Gasteiger partial charge in [0.2, 0.25) is 0 Å². The molecule has 0 aliphatic carbocycles. The number of amides is 2. The van der Waals surface area contributed by atoms with Crippen molar-refractivity contribution in [3.8, 4) is 0 Å². The zero-order valence-electron chi connectivity index (χ0n) is 14.9.